The van der Waals surface area contributed by atoms with Gasteiger partial charge >= 0.3 is 0 Å². The van der Waals surface area contributed by atoms with Crippen LogP contribution in [0.3, 0.4) is 0 Å². The zero-order chi connectivity index (χ0) is 24.5. The summed E-state index contributed by atoms with van der Waals surface area (Å²) in [5.41, 5.74) is 1.53. The quantitative estimate of drug-likeness (QED) is 0.519. The Hall–Kier alpha value is -2.35. The minimum Gasteiger partial charge on any atom is -0.338 e. The highest BCUT2D eigenvalue weighted by atomic mass is 35.5. The predicted octanol–water partition coefficient (Wildman–Crippen LogP) is 5.14. The van der Waals surface area contributed by atoms with E-state index in [-0.39, 0.29) is 27.2 Å². The zero-order valence-electron chi connectivity index (χ0n) is 19.5. The van der Waals surface area contributed by atoms with E-state index in [2.05, 4.69) is 9.88 Å². The highest BCUT2D eigenvalue weighted by Gasteiger charge is 2.29. The second-order valence-corrected chi connectivity index (χ2v) is 10.3. The van der Waals surface area contributed by atoms with E-state index in [1.165, 1.54) is 37.8 Å². The molecule has 4 heterocycles. The molecule has 0 unspecified atom stereocenters. The fraction of sp³-hybridized carbons (Fsp3) is 0.462. The van der Waals surface area contributed by atoms with Gasteiger partial charge in [0.15, 0.2) is 0 Å². The number of hydrogen-bond acceptors (Lipinski definition) is 3. The van der Waals surface area contributed by atoms with Crippen molar-refractivity contribution in [3.05, 3.63) is 73.6 Å². The van der Waals surface area contributed by atoms with Crippen LogP contribution < -0.4 is 5.56 Å². The number of carbonyl (C=O) groups is 1. The van der Waals surface area contributed by atoms with Gasteiger partial charge in [-0.3, -0.25) is 14.0 Å². The van der Waals surface area contributed by atoms with Crippen molar-refractivity contribution in [1.29, 1.82) is 0 Å². The van der Waals surface area contributed by atoms with Gasteiger partial charge in [0.05, 0.1) is 10.6 Å². The molecule has 186 valence electrons. The van der Waals surface area contributed by atoms with E-state index in [9.17, 15) is 14.0 Å². The Bertz CT molecular complexity index is 1290. The van der Waals surface area contributed by atoms with Crippen molar-refractivity contribution >= 4 is 34.6 Å². The molecule has 2 aliphatic heterocycles. The zero-order valence-corrected chi connectivity index (χ0v) is 21.0. The summed E-state index contributed by atoms with van der Waals surface area (Å²) < 4.78 is 16.3. The summed E-state index contributed by atoms with van der Waals surface area (Å²) in [5, 5.41) is 0.525. The maximum atomic E-state index is 14.8. The number of piperidine rings is 1. The Kier molecular flexibility index (Phi) is 7.19. The van der Waals surface area contributed by atoms with Gasteiger partial charge < -0.3 is 14.8 Å². The maximum Gasteiger partial charge on any atom is 0.272 e. The van der Waals surface area contributed by atoms with E-state index in [0.717, 1.165) is 31.5 Å². The molecular formula is C26H29Cl2FN4O2. The first kappa shape index (κ1) is 24.3. The molecule has 0 bridgehead atoms. The molecule has 3 aromatic rings. The van der Waals surface area contributed by atoms with Crippen molar-refractivity contribution in [1.82, 2.24) is 19.2 Å². The number of nitrogens with one attached hydrogen (secondary N) is 1. The van der Waals surface area contributed by atoms with Crippen LogP contribution in [0.15, 0.2) is 35.3 Å². The average molecular weight is 519 g/mol. The molecule has 2 aliphatic rings. The van der Waals surface area contributed by atoms with Crippen molar-refractivity contribution in [2.75, 3.05) is 26.2 Å². The van der Waals surface area contributed by atoms with Gasteiger partial charge in [0.25, 0.3) is 11.5 Å². The number of nitrogens with zero attached hydrogens (tertiary/aromatic N) is 3. The van der Waals surface area contributed by atoms with Gasteiger partial charge in [-0.2, -0.15) is 0 Å². The van der Waals surface area contributed by atoms with Crippen LogP contribution in [0.25, 0.3) is 5.52 Å². The molecule has 1 amide bonds. The lowest BCUT2D eigenvalue weighted by atomic mass is 10.0. The molecule has 0 radical (unpaired) electrons. The van der Waals surface area contributed by atoms with Crippen molar-refractivity contribution in [2.45, 2.75) is 51.0 Å². The van der Waals surface area contributed by atoms with Crippen LogP contribution in [-0.2, 0) is 6.42 Å². The number of halogens is 3. The molecule has 0 saturated carbocycles. The number of likely N-dealkylation sites (tertiary alicyclic amines) is 2. The van der Waals surface area contributed by atoms with E-state index in [1.807, 2.05) is 0 Å². The third-order valence-electron chi connectivity index (χ3n) is 7.34. The number of fused-ring (bicyclic) bond motifs is 1. The molecule has 1 aromatic carbocycles. The fourth-order valence-corrected chi connectivity index (χ4v) is 5.88. The molecule has 0 aliphatic carbocycles. The minimum absolute atomic E-state index is 0.0769. The smallest absolute Gasteiger partial charge is 0.272 e. The normalized spacial score (nSPS) is 18.2. The number of aromatic amines is 1. The first-order chi connectivity index (χ1) is 16.9. The largest absolute Gasteiger partial charge is 0.338 e. The molecule has 2 fully saturated rings. The van der Waals surface area contributed by atoms with E-state index in [1.54, 1.807) is 27.6 Å². The van der Waals surface area contributed by atoms with Crippen molar-refractivity contribution in [2.24, 2.45) is 0 Å². The van der Waals surface area contributed by atoms with E-state index in [4.69, 9.17) is 23.2 Å². The van der Waals surface area contributed by atoms with Crippen molar-refractivity contribution < 1.29 is 9.18 Å². The van der Waals surface area contributed by atoms with Crippen LogP contribution in [0.4, 0.5) is 4.39 Å². The van der Waals surface area contributed by atoms with E-state index in [0.29, 0.717) is 36.8 Å². The molecule has 9 heteroatoms. The Morgan fingerprint density at radius 3 is 2.46 bits per heavy atom. The topological polar surface area (TPSA) is 60.8 Å². The Labute approximate surface area is 213 Å². The van der Waals surface area contributed by atoms with Gasteiger partial charge in [-0.25, -0.2) is 4.39 Å². The number of benzene rings is 1. The average Bonchev–Trinajstić information content (AvgIpc) is 3.04. The van der Waals surface area contributed by atoms with Gasteiger partial charge in [0.1, 0.15) is 16.5 Å². The lowest BCUT2D eigenvalue weighted by Gasteiger charge is -2.38. The predicted molar refractivity (Wildman–Crippen MR) is 136 cm³/mol. The van der Waals surface area contributed by atoms with Crippen LogP contribution in [0, 0.1) is 5.82 Å². The number of carbonyl (C=O) groups excluding carboxylic acids is 1. The van der Waals surface area contributed by atoms with Crippen molar-refractivity contribution in [3.8, 4) is 0 Å². The number of aromatic nitrogens is 2. The molecule has 2 aromatic heterocycles. The molecule has 5 rings (SSSR count). The highest BCUT2D eigenvalue weighted by Crippen LogP contribution is 2.27. The number of amides is 1. The van der Waals surface area contributed by atoms with Gasteiger partial charge in [0, 0.05) is 37.4 Å². The Balaban J connectivity index is 1.32. The molecule has 0 spiro atoms. The molecule has 6 nitrogen and oxygen atoms in total. The van der Waals surface area contributed by atoms with Crippen LogP contribution >= 0.6 is 23.2 Å². The molecular weight excluding hydrogens is 490 g/mol. The second-order valence-electron chi connectivity index (χ2n) is 9.58. The first-order valence-corrected chi connectivity index (χ1v) is 13.1. The minimum atomic E-state index is -0.526. The molecule has 2 saturated heterocycles. The summed E-state index contributed by atoms with van der Waals surface area (Å²) in [6.07, 6.45) is 8.86. The molecule has 35 heavy (non-hydrogen) atoms. The first-order valence-electron chi connectivity index (χ1n) is 12.3. The summed E-state index contributed by atoms with van der Waals surface area (Å²) in [5.74, 6) is -0.797. The summed E-state index contributed by atoms with van der Waals surface area (Å²) in [4.78, 5) is 32.5. The molecule has 0 atom stereocenters. The maximum absolute atomic E-state index is 14.8. The van der Waals surface area contributed by atoms with Crippen LogP contribution in [0.1, 0.15) is 60.1 Å². The molecule has 1 N–H and O–H groups in total. The monoisotopic (exact) mass is 518 g/mol. The summed E-state index contributed by atoms with van der Waals surface area (Å²) in [6.45, 7) is 3.57. The van der Waals surface area contributed by atoms with Gasteiger partial charge in [-0.15, -0.1) is 0 Å². The highest BCUT2D eigenvalue weighted by molar-refractivity contribution is 6.42. The third-order valence-corrected chi connectivity index (χ3v) is 8.10. The fourth-order valence-electron chi connectivity index (χ4n) is 5.44. The lowest BCUT2D eigenvalue weighted by molar-refractivity contribution is 0.0618. The van der Waals surface area contributed by atoms with Crippen LogP contribution in [0.5, 0.6) is 0 Å². The van der Waals surface area contributed by atoms with Crippen LogP contribution in [0.2, 0.25) is 10.2 Å². The third kappa shape index (κ3) is 4.99. The van der Waals surface area contributed by atoms with Gasteiger partial charge in [0.2, 0.25) is 0 Å². The summed E-state index contributed by atoms with van der Waals surface area (Å²) in [7, 11) is 0. The summed E-state index contributed by atoms with van der Waals surface area (Å²) >= 11 is 12.5. The van der Waals surface area contributed by atoms with Gasteiger partial charge in [-0.05, 0) is 62.5 Å². The number of hydrogen-bond donors (Lipinski definition) is 1. The Morgan fingerprint density at radius 2 is 1.74 bits per heavy atom. The standard InChI is InChI=1S/C26H29Cl2FN4O2/c27-21-15-23-25(34)30-16-19(33(23)24(21)28)13-17-5-6-22(29)20(14-17)26(35)32-11-7-18(8-12-32)31-9-3-1-2-4-10-31/h5-6,14-16,18H,1-4,7-13H2,(H,30,34). The number of H-pyrrole nitrogens is 1. The van der Waals surface area contributed by atoms with E-state index < -0.39 is 5.82 Å². The van der Waals surface area contributed by atoms with Crippen molar-refractivity contribution in [3.63, 3.8) is 0 Å². The number of rotatable bonds is 4. The van der Waals surface area contributed by atoms with Gasteiger partial charge in [-0.1, -0.05) is 42.1 Å². The lowest BCUT2D eigenvalue weighted by Crippen LogP contribution is -2.47. The van der Waals surface area contributed by atoms with E-state index >= 15 is 0 Å². The SMILES string of the molecule is O=C(c1cc(Cc2c[nH]c(=O)c3cc(Cl)c(Cl)n23)ccc1F)N1CCC(N2CCCCCC2)CC1. The summed E-state index contributed by atoms with van der Waals surface area (Å²) in [6, 6.07) is 6.61. The second kappa shape index (κ2) is 10.3. The van der Waals surface area contributed by atoms with Crippen LogP contribution in [-0.4, -0.2) is 57.3 Å². The Morgan fingerprint density at radius 1 is 1.03 bits per heavy atom.